The minimum atomic E-state index is -4.67. The molecular formula is C8H12N2O4S2. The number of para-hydroxylation sites is 1. The first kappa shape index (κ1) is 14.9. The molecule has 0 atom stereocenters. The molecule has 0 aliphatic heterocycles. The number of benzene rings is 1. The molecule has 0 aliphatic rings. The Morgan fingerprint density at radius 2 is 1.75 bits per heavy atom. The minimum absolute atomic E-state index is 0.594. The third-order valence-corrected chi connectivity index (χ3v) is 1.71. The number of hydrogen-bond acceptors (Lipinski definition) is 4. The van der Waals surface area contributed by atoms with Gasteiger partial charge in [-0.2, -0.15) is 8.42 Å². The van der Waals surface area contributed by atoms with Gasteiger partial charge in [-0.15, -0.1) is 0 Å². The largest absolute Gasteiger partial charge is 0.394 e. The van der Waals surface area contributed by atoms with Crippen molar-refractivity contribution in [3.05, 3.63) is 30.3 Å². The van der Waals surface area contributed by atoms with Gasteiger partial charge in [-0.25, -0.2) is 4.99 Å². The zero-order valence-corrected chi connectivity index (χ0v) is 10.1. The zero-order valence-electron chi connectivity index (χ0n) is 8.44. The lowest BCUT2D eigenvalue weighted by Gasteiger charge is -1.94. The van der Waals surface area contributed by atoms with Crippen molar-refractivity contribution in [2.45, 2.75) is 0 Å². The molecule has 1 aromatic rings. The van der Waals surface area contributed by atoms with Crippen LogP contribution in [0.3, 0.4) is 0 Å². The highest BCUT2D eigenvalue weighted by molar-refractivity contribution is 8.13. The standard InChI is InChI=1S/C8H10N2S.H2O4S/c1-11-8(9)10-7-5-3-2-4-6-7;1-5(2,3)4/h2-6H,1H3,(H2,9,10);(H2,1,2,3,4). The van der Waals surface area contributed by atoms with Crippen LogP contribution in [-0.4, -0.2) is 28.9 Å². The first-order valence-corrected chi connectivity index (χ1v) is 6.58. The van der Waals surface area contributed by atoms with Gasteiger partial charge < -0.3 is 5.73 Å². The fourth-order valence-electron chi connectivity index (χ4n) is 0.675. The number of aliphatic imine (C=N–C) groups is 1. The van der Waals surface area contributed by atoms with Crippen molar-refractivity contribution in [1.29, 1.82) is 0 Å². The number of rotatable bonds is 1. The lowest BCUT2D eigenvalue weighted by Crippen LogP contribution is -2.03. The van der Waals surface area contributed by atoms with Gasteiger partial charge in [-0.3, -0.25) is 9.11 Å². The van der Waals surface area contributed by atoms with E-state index >= 15 is 0 Å². The Hall–Kier alpha value is -1.09. The highest BCUT2D eigenvalue weighted by Crippen LogP contribution is 2.10. The van der Waals surface area contributed by atoms with Crippen molar-refractivity contribution in [3.63, 3.8) is 0 Å². The van der Waals surface area contributed by atoms with Crippen LogP contribution < -0.4 is 5.73 Å². The van der Waals surface area contributed by atoms with Gasteiger partial charge >= 0.3 is 10.4 Å². The normalized spacial score (nSPS) is 11.6. The summed E-state index contributed by atoms with van der Waals surface area (Å²) in [6, 6.07) is 9.67. The molecule has 4 N–H and O–H groups in total. The molecule has 0 unspecified atom stereocenters. The SMILES string of the molecule is CSC(N)=Nc1ccccc1.O=S(=O)(O)O. The van der Waals surface area contributed by atoms with E-state index in [1.54, 1.807) is 0 Å². The second-order valence-corrected chi connectivity index (χ2v) is 4.16. The molecule has 1 rings (SSSR count). The van der Waals surface area contributed by atoms with Gasteiger partial charge in [-0.05, 0) is 18.4 Å². The van der Waals surface area contributed by atoms with E-state index in [1.165, 1.54) is 11.8 Å². The lowest BCUT2D eigenvalue weighted by atomic mass is 10.3. The van der Waals surface area contributed by atoms with Crippen molar-refractivity contribution in [2.75, 3.05) is 6.26 Å². The maximum atomic E-state index is 8.74. The van der Waals surface area contributed by atoms with Crippen molar-refractivity contribution >= 4 is 33.0 Å². The third-order valence-electron chi connectivity index (χ3n) is 1.20. The highest BCUT2D eigenvalue weighted by Gasteiger charge is 1.88. The molecular weight excluding hydrogens is 252 g/mol. The summed E-state index contributed by atoms with van der Waals surface area (Å²) in [5, 5.41) is 0.594. The average Bonchev–Trinajstić information content (AvgIpc) is 2.16. The Balaban J connectivity index is 0.000000385. The summed E-state index contributed by atoms with van der Waals surface area (Å²) in [5.74, 6) is 0. The molecule has 8 heteroatoms. The van der Waals surface area contributed by atoms with E-state index in [0.29, 0.717) is 5.17 Å². The molecule has 0 saturated carbocycles. The maximum absolute atomic E-state index is 8.74. The van der Waals surface area contributed by atoms with Crippen LogP contribution >= 0.6 is 11.8 Å². The zero-order chi connectivity index (χ0) is 12.6. The molecule has 6 nitrogen and oxygen atoms in total. The fourth-order valence-corrected chi connectivity index (χ4v) is 0.872. The molecule has 0 bridgehead atoms. The minimum Gasteiger partial charge on any atom is -0.378 e. The van der Waals surface area contributed by atoms with Crippen LogP contribution in [0.1, 0.15) is 0 Å². The number of hydrogen-bond donors (Lipinski definition) is 3. The summed E-state index contributed by atoms with van der Waals surface area (Å²) >= 11 is 1.45. The van der Waals surface area contributed by atoms with Gasteiger partial charge in [0.05, 0.1) is 5.69 Å². The molecule has 0 fully saturated rings. The summed E-state index contributed by atoms with van der Waals surface area (Å²) < 4.78 is 31.6. The van der Waals surface area contributed by atoms with Gasteiger partial charge in [0.25, 0.3) is 0 Å². The van der Waals surface area contributed by atoms with Crippen molar-refractivity contribution in [3.8, 4) is 0 Å². The molecule has 0 aliphatic carbocycles. The van der Waals surface area contributed by atoms with Crippen LogP contribution in [0.25, 0.3) is 0 Å². The van der Waals surface area contributed by atoms with Crippen molar-refractivity contribution < 1.29 is 17.5 Å². The Bertz CT molecular complexity index is 423. The number of thioether (sulfide) groups is 1. The van der Waals surface area contributed by atoms with Crippen LogP contribution in [0.15, 0.2) is 35.3 Å². The van der Waals surface area contributed by atoms with Crippen LogP contribution in [0.4, 0.5) is 5.69 Å². The van der Waals surface area contributed by atoms with Crippen molar-refractivity contribution in [2.24, 2.45) is 10.7 Å². The van der Waals surface area contributed by atoms with Gasteiger partial charge in [0.1, 0.15) is 0 Å². The lowest BCUT2D eigenvalue weighted by molar-refractivity contribution is 0.381. The predicted molar refractivity (Wildman–Crippen MR) is 65.4 cm³/mol. The molecule has 0 amide bonds. The highest BCUT2D eigenvalue weighted by atomic mass is 32.3. The first-order valence-electron chi connectivity index (χ1n) is 3.96. The molecule has 0 spiro atoms. The quantitative estimate of drug-likeness (QED) is 0.401. The number of nitrogens with two attached hydrogens (primary N) is 1. The second kappa shape index (κ2) is 7.23. The van der Waals surface area contributed by atoms with E-state index in [2.05, 4.69) is 4.99 Å². The van der Waals surface area contributed by atoms with Gasteiger partial charge in [0.15, 0.2) is 5.17 Å². The molecule has 0 heterocycles. The Kier molecular flexibility index (Phi) is 6.74. The second-order valence-electron chi connectivity index (χ2n) is 2.44. The Morgan fingerprint density at radius 3 is 2.12 bits per heavy atom. The number of amidine groups is 1. The van der Waals surface area contributed by atoms with E-state index in [4.69, 9.17) is 23.3 Å². The van der Waals surface area contributed by atoms with Crippen LogP contribution in [0.5, 0.6) is 0 Å². The molecule has 0 radical (unpaired) electrons. The van der Waals surface area contributed by atoms with Gasteiger partial charge in [0.2, 0.25) is 0 Å². The maximum Gasteiger partial charge on any atom is 0.394 e. The third kappa shape index (κ3) is 11.0. The summed E-state index contributed by atoms with van der Waals surface area (Å²) in [5.41, 5.74) is 6.42. The Morgan fingerprint density at radius 1 is 1.31 bits per heavy atom. The molecule has 90 valence electrons. The summed E-state index contributed by atoms with van der Waals surface area (Å²) in [7, 11) is -4.67. The van der Waals surface area contributed by atoms with Crippen LogP contribution in [0.2, 0.25) is 0 Å². The molecule has 0 saturated heterocycles. The molecule has 16 heavy (non-hydrogen) atoms. The van der Waals surface area contributed by atoms with E-state index in [0.717, 1.165) is 5.69 Å². The smallest absolute Gasteiger partial charge is 0.378 e. The predicted octanol–water partition coefficient (Wildman–Crippen LogP) is 1.34. The number of nitrogens with zero attached hydrogens (tertiary/aromatic N) is 1. The van der Waals surface area contributed by atoms with Crippen LogP contribution in [0, 0.1) is 0 Å². The summed E-state index contributed by atoms with van der Waals surface area (Å²) in [6.45, 7) is 0. The first-order chi connectivity index (χ1) is 7.33. The van der Waals surface area contributed by atoms with E-state index in [-0.39, 0.29) is 0 Å². The average molecular weight is 264 g/mol. The molecule has 0 aromatic heterocycles. The van der Waals surface area contributed by atoms with E-state index in [1.807, 2.05) is 36.6 Å². The van der Waals surface area contributed by atoms with Crippen LogP contribution in [-0.2, 0) is 10.4 Å². The van der Waals surface area contributed by atoms with E-state index < -0.39 is 10.4 Å². The topological polar surface area (TPSA) is 113 Å². The Labute approximate surface area is 98.2 Å². The summed E-state index contributed by atoms with van der Waals surface area (Å²) in [4.78, 5) is 4.13. The molecule has 1 aromatic carbocycles. The van der Waals surface area contributed by atoms with Gasteiger partial charge in [0, 0.05) is 0 Å². The summed E-state index contributed by atoms with van der Waals surface area (Å²) in [6.07, 6.45) is 1.90. The van der Waals surface area contributed by atoms with Gasteiger partial charge in [-0.1, -0.05) is 30.0 Å². The fraction of sp³-hybridized carbons (Fsp3) is 0.125. The van der Waals surface area contributed by atoms with E-state index in [9.17, 15) is 0 Å². The monoisotopic (exact) mass is 264 g/mol. The van der Waals surface area contributed by atoms with Crippen molar-refractivity contribution in [1.82, 2.24) is 0 Å².